The fraction of sp³-hybridized carbons (Fsp3) is 0.846. The minimum atomic E-state index is 0.706. The average Bonchev–Trinajstić information content (AvgIpc) is 2.25. The van der Waals surface area contributed by atoms with Crippen LogP contribution in [0.15, 0.2) is 12.2 Å². The molecule has 15 heavy (non-hydrogen) atoms. The molecule has 0 aliphatic carbocycles. The van der Waals surface area contributed by atoms with Gasteiger partial charge in [-0.3, -0.25) is 4.90 Å². The van der Waals surface area contributed by atoms with Crippen LogP contribution in [0.1, 0.15) is 33.6 Å². The molecule has 3 atom stereocenters. The number of piperidine rings is 1. The molecule has 0 radical (unpaired) electrons. The molecule has 2 nitrogen and oxygen atoms in total. The van der Waals surface area contributed by atoms with Crippen LogP contribution in [0.3, 0.4) is 0 Å². The van der Waals surface area contributed by atoms with E-state index in [1.165, 1.54) is 25.9 Å². The van der Waals surface area contributed by atoms with Gasteiger partial charge in [0.05, 0.1) is 0 Å². The smallest absolute Gasteiger partial charge is 0.0117 e. The van der Waals surface area contributed by atoms with E-state index in [0.29, 0.717) is 12.1 Å². The predicted molar refractivity (Wildman–Crippen MR) is 67.1 cm³/mol. The second kappa shape index (κ2) is 6.29. The number of allylic oxidation sites excluding steroid dienone is 1. The first-order valence-electron chi connectivity index (χ1n) is 6.23. The summed E-state index contributed by atoms with van der Waals surface area (Å²) in [6, 6.07) is 1.42. The molecule has 0 aromatic carbocycles. The monoisotopic (exact) mass is 210 g/mol. The van der Waals surface area contributed by atoms with E-state index in [1.54, 1.807) is 0 Å². The Bertz CT molecular complexity index is 201. The molecular formula is C13H26N2. The highest BCUT2D eigenvalue weighted by atomic mass is 15.2. The summed E-state index contributed by atoms with van der Waals surface area (Å²) in [5, 5.41) is 3.43. The summed E-state index contributed by atoms with van der Waals surface area (Å²) in [4.78, 5) is 2.62. The van der Waals surface area contributed by atoms with Crippen LogP contribution in [0.25, 0.3) is 0 Å². The highest BCUT2D eigenvalue weighted by molar-refractivity contribution is 4.89. The first-order chi connectivity index (χ1) is 7.20. The van der Waals surface area contributed by atoms with Crippen LogP contribution in [0.2, 0.25) is 0 Å². The van der Waals surface area contributed by atoms with Crippen molar-refractivity contribution in [2.75, 3.05) is 20.1 Å². The summed E-state index contributed by atoms with van der Waals surface area (Å²) < 4.78 is 0. The van der Waals surface area contributed by atoms with E-state index in [-0.39, 0.29) is 0 Å². The first-order valence-corrected chi connectivity index (χ1v) is 6.23. The Labute approximate surface area is 94.7 Å². The highest BCUT2D eigenvalue weighted by Gasteiger charge is 2.30. The van der Waals surface area contributed by atoms with Gasteiger partial charge in [0.25, 0.3) is 0 Å². The van der Waals surface area contributed by atoms with E-state index >= 15 is 0 Å². The summed E-state index contributed by atoms with van der Waals surface area (Å²) in [6.07, 6.45) is 6.89. The minimum Gasteiger partial charge on any atom is -0.317 e. The van der Waals surface area contributed by atoms with Crippen LogP contribution in [-0.4, -0.2) is 37.1 Å². The zero-order valence-electron chi connectivity index (χ0n) is 10.7. The number of hydrogen-bond donors (Lipinski definition) is 1. The van der Waals surface area contributed by atoms with Gasteiger partial charge in [0.1, 0.15) is 0 Å². The molecule has 1 rings (SSSR count). The molecule has 0 spiro atoms. The Morgan fingerprint density at radius 3 is 2.73 bits per heavy atom. The molecule has 0 aromatic heterocycles. The molecule has 3 unspecified atom stereocenters. The van der Waals surface area contributed by atoms with Gasteiger partial charge in [0.15, 0.2) is 0 Å². The molecule has 1 saturated heterocycles. The zero-order chi connectivity index (χ0) is 11.3. The van der Waals surface area contributed by atoms with Gasteiger partial charge in [-0.05, 0) is 46.2 Å². The van der Waals surface area contributed by atoms with Crippen LogP contribution in [0, 0.1) is 5.92 Å². The van der Waals surface area contributed by atoms with Crippen LogP contribution >= 0.6 is 0 Å². The Morgan fingerprint density at radius 2 is 2.13 bits per heavy atom. The summed E-state index contributed by atoms with van der Waals surface area (Å²) in [7, 11) is 2.09. The maximum atomic E-state index is 3.43. The van der Waals surface area contributed by atoms with Gasteiger partial charge >= 0.3 is 0 Å². The molecule has 0 saturated carbocycles. The number of hydrogen-bond acceptors (Lipinski definition) is 2. The molecule has 1 fully saturated rings. The number of nitrogens with zero attached hydrogens (tertiary/aromatic N) is 1. The van der Waals surface area contributed by atoms with Crippen molar-refractivity contribution in [3.63, 3.8) is 0 Å². The van der Waals surface area contributed by atoms with Crippen molar-refractivity contribution in [1.82, 2.24) is 10.2 Å². The number of rotatable bonds is 4. The molecule has 1 aliphatic rings. The lowest BCUT2D eigenvalue weighted by Crippen LogP contribution is -2.52. The van der Waals surface area contributed by atoms with Crippen molar-refractivity contribution < 1.29 is 0 Å². The van der Waals surface area contributed by atoms with Crippen molar-refractivity contribution in [3.05, 3.63) is 12.2 Å². The van der Waals surface area contributed by atoms with Gasteiger partial charge < -0.3 is 5.32 Å². The molecule has 0 aromatic rings. The van der Waals surface area contributed by atoms with E-state index in [4.69, 9.17) is 0 Å². The Hall–Kier alpha value is -0.340. The fourth-order valence-electron chi connectivity index (χ4n) is 2.57. The zero-order valence-corrected chi connectivity index (χ0v) is 10.7. The minimum absolute atomic E-state index is 0.706. The summed E-state index contributed by atoms with van der Waals surface area (Å²) in [6.45, 7) is 9.29. The van der Waals surface area contributed by atoms with E-state index in [9.17, 15) is 0 Å². The Morgan fingerprint density at radius 1 is 1.40 bits per heavy atom. The van der Waals surface area contributed by atoms with Crippen LogP contribution in [0.5, 0.6) is 0 Å². The quantitative estimate of drug-likeness (QED) is 0.716. The predicted octanol–water partition coefficient (Wildman–Crippen LogP) is 2.27. The first kappa shape index (κ1) is 12.7. The van der Waals surface area contributed by atoms with Gasteiger partial charge in [-0.25, -0.2) is 0 Å². The van der Waals surface area contributed by atoms with Crippen molar-refractivity contribution in [3.8, 4) is 0 Å². The lowest BCUT2D eigenvalue weighted by molar-refractivity contribution is 0.0895. The Balaban J connectivity index is 2.41. The summed E-state index contributed by atoms with van der Waals surface area (Å²) in [5.41, 5.74) is 0. The third kappa shape index (κ3) is 3.32. The molecule has 0 amide bonds. The lowest BCUT2D eigenvalue weighted by Gasteiger charge is -2.42. The summed E-state index contributed by atoms with van der Waals surface area (Å²) >= 11 is 0. The largest absolute Gasteiger partial charge is 0.317 e. The SMILES string of the molecule is C/C=C/CCN1CCC(NC)C(C)C1C. The molecule has 0 bridgehead atoms. The second-order valence-electron chi connectivity index (χ2n) is 4.68. The van der Waals surface area contributed by atoms with Crippen molar-refractivity contribution >= 4 is 0 Å². The molecule has 88 valence electrons. The van der Waals surface area contributed by atoms with E-state index in [2.05, 4.69) is 50.2 Å². The van der Waals surface area contributed by atoms with Gasteiger partial charge in [-0.1, -0.05) is 19.1 Å². The van der Waals surface area contributed by atoms with E-state index in [1.807, 2.05) is 0 Å². The van der Waals surface area contributed by atoms with Gasteiger partial charge in [0, 0.05) is 18.6 Å². The summed E-state index contributed by atoms with van der Waals surface area (Å²) in [5.74, 6) is 0.759. The van der Waals surface area contributed by atoms with Gasteiger partial charge in [-0.2, -0.15) is 0 Å². The third-order valence-corrected chi connectivity index (χ3v) is 3.89. The van der Waals surface area contributed by atoms with E-state index in [0.717, 1.165) is 5.92 Å². The number of nitrogens with one attached hydrogen (secondary N) is 1. The van der Waals surface area contributed by atoms with Crippen molar-refractivity contribution in [1.29, 1.82) is 0 Å². The molecule has 1 N–H and O–H groups in total. The van der Waals surface area contributed by atoms with Crippen molar-refractivity contribution in [2.24, 2.45) is 5.92 Å². The normalized spacial score (nSPS) is 33.7. The van der Waals surface area contributed by atoms with Crippen LogP contribution < -0.4 is 5.32 Å². The molecular weight excluding hydrogens is 184 g/mol. The average molecular weight is 210 g/mol. The third-order valence-electron chi connectivity index (χ3n) is 3.89. The lowest BCUT2D eigenvalue weighted by atomic mass is 9.87. The van der Waals surface area contributed by atoms with Gasteiger partial charge in [0.2, 0.25) is 0 Å². The maximum Gasteiger partial charge on any atom is 0.0117 e. The van der Waals surface area contributed by atoms with Crippen molar-refractivity contribution in [2.45, 2.75) is 45.7 Å². The molecule has 2 heteroatoms. The highest BCUT2D eigenvalue weighted by Crippen LogP contribution is 2.23. The number of likely N-dealkylation sites (tertiary alicyclic amines) is 1. The second-order valence-corrected chi connectivity index (χ2v) is 4.68. The molecule has 1 heterocycles. The fourth-order valence-corrected chi connectivity index (χ4v) is 2.57. The standard InChI is InChI=1S/C13H26N2/c1-5-6-7-9-15-10-8-13(14-4)11(2)12(15)3/h5-6,11-14H,7-10H2,1-4H3/b6-5+. The topological polar surface area (TPSA) is 15.3 Å². The van der Waals surface area contributed by atoms with Crippen LogP contribution in [-0.2, 0) is 0 Å². The van der Waals surface area contributed by atoms with E-state index < -0.39 is 0 Å². The van der Waals surface area contributed by atoms with Gasteiger partial charge in [-0.15, -0.1) is 0 Å². The van der Waals surface area contributed by atoms with Crippen LogP contribution in [0.4, 0.5) is 0 Å². The molecule has 1 aliphatic heterocycles. The maximum absolute atomic E-state index is 3.43. The Kier molecular flexibility index (Phi) is 5.34.